The van der Waals surface area contributed by atoms with Gasteiger partial charge in [-0.3, -0.25) is 9.59 Å². The molecule has 0 aromatic heterocycles. The van der Waals surface area contributed by atoms with Gasteiger partial charge in [0, 0.05) is 12.6 Å². The maximum Gasteiger partial charge on any atom is 0.307 e. The van der Waals surface area contributed by atoms with Gasteiger partial charge in [-0.25, -0.2) is 0 Å². The van der Waals surface area contributed by atoms with E-state index in [-0.39, 0.29) is 24.3 Å². The predicted octanol–water partition coefficient (Wildman–Crippen LogP) is 2.51. The maximum absolute atomic E-state index is 12.4. The van der Waals surface area contributed by atoms with Crippen molar-refractivity contribution in [3.05, 3.63) is 34.9 Å². The van der Waals surface area contributed by atoms with Crippen LogP contribution in [0, 0.1) is 0 Å². The second-order valence-electron chi connectivity index (χ2n) is 4.54. The molecule has 1 saturated carbocycles. The number of halogens is 1. The topological polar surface area (TPSA) is 46.6 Å². The van der Waals surface area contributed by atoms with Gasteiger partial charge in [-0.15, -0.1) is 0 Å². The number of esters is 1. The molecule has 0 spiro atoms. The second-order valence-corrected chi connectivity index (χ2v) is 4.94. The highest BCUT2D eigenvalue weighted by Crippen LogP contribution is 2.29. The lowest BCUT2D eigenvalue weighted by atomic mass is 10.2. The molecule has 5 heteroatoms. The molecule has 0 heterocycles. The molecular formula is C14H16ClNO3. The Hall–Kier alpha value is -1.55. The normalized spacial score (nSPS) is 14.0. The lowest BCUT2D eigenvalue weighted by Gasteiger charge is -2.22. The average molecular weight is 282 g/mol. The number of rotatable bonds is 5. The number of ether oxygens (including phenoxy) is 1. The largest absolute Gasteiger partial charge is 0.469 e. The molecule has 0 radical (unpaired) electrons. The zero-order valence-electron chi connectivity index (χ0n) is 10.8. The van der Waals surface area contributed by atoms with Crippen LogP contribution in [0.5, 0.6) is 0 Å². The Morgan fingerprint density at radius 3 is 2.63 bits per heavy atom. The van der Waals surface area contributed by atoms with Crippen LogP contribution in [-0.2, 0) is 9.53 Å². The predicted molar refractivity (Wildman–Crippen MR) is 72.1 cm³/mol. The molecule has 2 rings (SSSR count). The van der Waals surface area contributed by atoms with E-state index in [1.165, 1.54) is 7.11 Å². The van der Waals surface area contributed by atoms with Crippen LogP contribution in [0.4, 0.5) is 0 Å². The van der Waals surface area contributed by atoms with E-state index in [0.717, 1.165) is 12.8 Å². The number of nitrogens with zero attached hydrogens (tertiary/aromatic N) is 1. The number of hydrogen-bond acceptors (Lipinski definition) is 3. The summed E-state index contributed by atoms with van der Waals surface area (Å²) in [4.78, 5) is 25.4. The quantitative estimate of drug-likeness (QED) is 0.779. The van der Waals surface area contributed by atoms with Crippen LogP contribution in [-0.4, -0.2) is 36.5 Å². The van der Waals surface area contributed by atoms with E-state index in [1.807, 2.05) is 0 Å². The number of carbonyl (C=O) groups excluding carboxylic acids is 2. The van der Waals surface area contributed by atoms with Gasteiger partial charge in [-0.1, -0.05) is 23.7 Å². The maximum atomic E-state index is 12.4. The summed E-state index contributed by atoms with van der Waals surface area (Å²) in [6.07, 6.45) is 2.18. The standard InChI is InChI=1S/C14H16ClNO3/c1-19-13(17)8-9-16(10-6-7-10)14(18)11-4-2-3-5-12(11)15/h2-5,10H,6-9H2,1H3. The van der Waals surface area contributed by atoms with Crippen molar-refractivity contribution in [1.82, 2.24) is 4.90 Å². The van der Waals surface area contributed by atoms with Crippen LogP contribution in [0.15, 0.2) is 24.3 Å². The molecule has 19 heavy (non-hydrogen) atoms. The second kappa shape index (κ2) is 6.06. The highest BCUT2D eigenvalue weighted by molar-refractivity contribution is 6.33. The summed E-state index contributed by atoms with van der Waals surface area (Å²) in [5.74, 6) is -0.422. The third-order valence-electron chi connectivity index (χ3n) is 3.14. The number of methoxy groups -OCH3 is 1. The number of carbonyl (C=O) groups is 2. The van der Waals surface area contributed by atoms with Crippen molar-refractivity contribution < 1.29 is 14.3 Å². The van der Waals surface area contributed by atoms with Crippen molar-refractivity contribution in [2.75, 3.05) is 13.7 Å². The van der Waals surface area contributed by atoms with Gasteiger partial charge in [0.1, 0.15) is 0 Å². The molecule has 1 fully saturated rings. The molecule has 0 saturated heterocycles. The van der Waals surface area contributed by atoms with Crippen molar-refractivity contribution in [3.8, 4) is 0 Å². The SMILES string of the molecule is COC(=O)CCN(C(=O)c1ccccc1Cl)C1CC1. The highest BCUT2D eigenvalue weighted by Gasteiger charge is 2.33. The molecule has 1 aromatic rings. The minimum absolute atomic E-state index is 0.114. The van der Waals surface area contributed by atoms with Gasteiger partial charge >= 0.3 is 5.97 Å². The highest BCUT2D eigenvalue weighted by atomic mass is 35.5. The van der Waals surface area contributed by atoms with Crippen molar-refractivity contribution in [2.24, 2.45) is 0 Å². The van der Waals surface area contributed by atoms with Crippen molar-refractivity contribution in [3.63, 3.8) is 0 Å². The van der Waals surface area contributed by atoms with E-state index in [4.69, 9.17) is 11.6 Å². The summed E-state index contributed by atoms with van der Waals surface area (Å²) >= 11 is 6.04. The van der Waals surface area contributed by atoms with E-state index >= 15 is 0 Å². The molecule has 1 amide bonds. The molecule has 0 bridgehead atoms. The summed E-state index contributed by atoms with van der Waals surface area (Å²) in [5.41, 5.74) is 0.487. The smallest absolute Gasteiger partial charge is 0.307 e. The molecule has 0 N–H and O–H groups in total. The van der Waals surface area contributed by atoms with Crippen LogP contribution < -0.4 is 0 Å². The summed E-state index contributed by atoms with van der Waals surface area (Å²) in [6.45, 7) is 0.376. The summed E-state index contributed by atoms with van der Waals surface area (Å²) in [6, 6.07) is 7.20. The first-order chi connectivity index (χ1) is 9.13. The summed E-state index contributed by atoms with van der Waals surface area (Å²) < 4.78 is 4.61. The molecule has 0 unspecified atom stereocenters. The van der Waals surface area contributed by atoms with Gasteiger partial charge in [-0.2, -0.15) is 0 Å². The number of amides is 1. The minimum atomic E-state index is -0.308. The van der Waals surface area contributed by atoms with Crippen LogP contribution >= 0.6 is 11.6 Å². The van der Waals surface area contributed by atoms with Crippen LogP contribution in [0.1, 0.15) is 29.6 Å². The molecule has 0 aliphatic heterocycles. The monoisotopic (exact) mass is 281 g/mol. The van der Waals surface area contributed by atoms with Crippen LogP contribution in [0.2, 0.25) is 5.02 Å². The van der Waals surface area contributed by atoms with Gasteiger partial charge < -0.3 is 9.64 Å². The van der Waals surface area contributed by atoms with Crippen molar-refractivity contribution in [2.45, 2.75) is 25.3 Å². The molecular weight excluding hydrogens is 266 g/mol. The van der Waals surface area contributed by atoms with E-state index < -0.39 is 0 Å². The number of benzene rings is 1. The molecule has 0 atom stereocenters. The van der Waals surface area contributed by atoms with Crippen LogP contribution in [0.3, 0.4) is 0 Å². The first-order valence-electron chi connectivity index (χ1n) is 6.26. The molecule has 4 nitrogen and oxygen atoms in total. The molecule has 1 aromatic carbocycles. The van der Waals surface area contributed by atoms with Crippen molar-refractivity contribution in [1.29, 1.82) is 0 Å². The molecule has 1 aliphatic carbocycles. The van der Waals surface area contributed by atoms with E-state index in [9.17, 15) is 9.59 Å². The Labute approximate surface area is 117 Å². The van der Waals surface area contributed by atoms with E-state index in [1.54, 1.807) is 29.2 Å². The summed E-state index contributed by atoms with van der Waals surface area (Å²) in [5, 5.41) is 0.441. The zero-order chi connectivity index (χ0) is 13.8. The van der Waals surface area contributed by atoms with Gasteiger partial charge in [0.2, 0.25) is 0 Å². The molecule has 1 aliphatic rings. The van der Waals surface area contributed by atoms with Gasteiger partial charge in [0.05, 0.1) is 24.1 Å². The Balaban J connectivity index is 2.09. The Morgan fingerprint density at radius 1 is 1.37 bits per heavy atom. The lowest BCUT2D eigenvalue weighted by Crippen LogP contribution is -2.35. The molecule has 102 valence electrons. The first-order valence-corrected chi connectivity index (χ1v) is 6.63. The fraction of sp³-hybridized carbons (Fsp3) is 0.429. The Kier molecular flexibility index (Phi) is 4.43. The third kappa shape index (κ3) is 3.47. The average Bonchev–Trinajstić information content (AvgIpc) is 3.23. The fourth-order valence-corrected chi connectivity index (χ4v) is 2.16. The van der Waals surface area contributed by atoms with Gasteiger partial charge in [0.15, 0.2) is 0 Å². The van der Waals surface area contributed by atoms with Crippen LogP contribution in [0.25, 0.3) is 0 Å². The van der Waals surface area contributed by atoms with Gasteiger partial charge in [-0.05, 0) is 25.0 Å². The Bertz CT molecular complexity index is 485. The minimum Gasteiger partial charge on any atom is -0.469 e. The number of hydrogen-bond donors (Lipinski definition) is 0. The summed E-state index contributed by atoms with van der Waals surface area (Å²) in [7, 11) is 1.35. The third-order valence-corrected chi connectivity index (χ3v) is 3.47. The zero-order valence-corrected chi connectivity index (χ0v) is 11.5. The van der Waals surface area contributed by atoms with Gasteiger partial charge in [0.25, 0.3) is 5.91 Å². The lowest BCUT2D eigenvalue weighted by molar-refractivity contribution is -0.140. The van der Waals surface area contributed by atoms with E-state index in [2.05, 4.69) is 4.74 Å². The fourth-order valence-electron chi connectivity index (χ4n) is 1.94. The Morgan fingerprint density at radius 2 is 2.05 bits per heavy atom. The first kappa shape index (κ1) is 13.9. The van der Waals surface area contributed by atoms with Crippen molar-refractivity contribution >= 4 is 23.5 Å². The van der Waals surface area contributed by atoms with E-state index in [0.29, 0.717) is 17.1 Å².